The Hall–Kier alpha value is -0.930. The Kier molecular flexibility index (Phi) is 3.23. The van der Waals surface area contributed by atoms with Crippen molar-refractivity contribution in [2.75, 3.05) is 20.8 Å². The van der Waals surface area contributed by atoms with Gasteiger partial charge in [-0.3, -0.25) is 0 Å². The zero-order valence-corrected chi connectivity index (χ0v) is 11.2. The van der Waals surface area contributed by atoms with Crippen molar-refractivity contribution in [3.8, 4) is 11.5 Å². The molecule has 0 radical (unpaired) electrons. The minimum Gasteiger partial charge on any atom is -0.493 e. The van der Waals surface area contributed by atoms with E-state index in [1.54, 1.807) is 14.2 Å². The smallest absolute Gasteiger partial charge is 0.164 e. The summed E-state index contributed by atoms with van der Waals surface area (Å²) in [4.78, 5) is 0. The van der Waals surface area contributed by atoms with Gasteiger partial charge in [0.25, 0.3) is 0 Å². The van der Waals surface area contributed by atoms with Crippen LogP contribution in [0.4, 0.5) is 0 Å². The van der Waals surface area contributed by atoms with Crippen LogP contribution in [-0.2, 0) is 5.41 Å². The standard InChI is InChI=1S/C13H18ClNO2/c1-8-11(13(7-15)4-5-13)9(14)6-10(16-2)12(8)17-3/h6H,4-5,7,15H2,1-3H3. The lowest BCUT2D eigenvalue weighted by Gasteiger charge is -2.21. The van der Waals surface area contributed by atoms with Crippen molar-refractivity contribution in [3.05, 3.63) is 22.2 Å². The molecule has 1 aromatic carbocycles. The molecule has 0 aliphatic heterocycles. The number of benzene rings is 1. The second-order valence-corrected chi connectivity index (χ2v) is 4.99. The molecule has 3 nitrogen and oxygen atoms in total. The summed E-state index contributed by atoms with van der Waals surface area (Å²) in [5, 5.41) is 0.725. The maximum atomic E-state index is 6.35. The summed E-state index contributed by atoms with van der Waals surface area (Å²) in [7, 11) is 3.26. The van der Waals surface area contributed by atoms with Crippen LogP contribution in [0.2, 0.25) is 5.02 Å². The van der Waals surface area contributed by atoms with Gasteiger partial charge in [-0.25, -0.2) is 0 Å². The van der Waals surface area contributed by atoms with E-state index >= 15 is 0 Å². The van der Waals surface area contributed by atoms with Crippen LogP contribution in [0, 0.1) is 6.92 Å². The number of rotatable bonds is 4. The molecular weight excluding hydrogens is 238 g/mol. The lowest BCUT2D eigenvalue weighted by Crippen LogP contribution is -2.21. The first kappa shape index (κ1) is 12.5. The average molecular weight is 256 g/mol. The monoisotopic (exact) mass is 255 g/mol. The molecule has 17 heavy (non-hydrogen) atoms. The predicted molar refractivity (Wildman–Crippen MR) is 69.3 cm³/mol. The molecule has 1 fully saturated rings. The Bertz CT molecular complexity index is 442. The summed E-state index contributed by atoms with van der Waals surface area (Å²) in [6.45, 7) is 2.64. The fourth-order valence-corrected chi connectivity index (χ4v) is 2.93. The number of halogens is 1. The highest BCUT2D eigenvalue weighted by Crippen LogP contribution is 2.53. The van der Waals surface area contributed by atoms with Gasteiger partial charge in [0.2, 0.25) is 0 Å². The summed E-state index contributed by atoms with van der Waals surface area (Å²) in [6, 6.07) is 1.82. The van der Waals surface area contributed by atoms with Gasteiger partial charge in [-0.05, 0) is 25.3 Å². The van der Waals surface area contributed by atoms with Gasteiger partial charge in [-0.15, -0.1) is 0 Å². The molecule has 1 aliphatic carbocycles. The first-order valence-corrected chi connectivity index (χ1v) is 6.09. The van der Waals surface area contributed by atoms with Crippen LogP contribution in [0.3, 0.4) is 0 Å². The van der Waals surface area contributed by atoms with Gasteiger partial charge in [0.15, 0.2) is 11.5 Å². The fraction of sp³-hybridized carbons (Fsp3) is 0.538. The van der Waals surface area contributed by atoms with E-state index in [1.165, 1.54) is 0 Å². The van der Waals surface area contributed by atoms with Crippen molar-refractivity contribution < 1.29 is 9.47 Å². The topological polar surface area (TPSA) is 44.5 Å². The molecule has 0 saturated heterocycles. The van der Waals surface area contributed by atoms with E-state index in [9.17, 15) is 0 Å². The van der Waals surface area contributed by atoms with Gasteiger partial charge in [-0.1, -0.05) is 11.6 Å². The minimum absolute atomic E-state index is 0.0563. The van der Waals surface area contributed by atoms with Crippen molar-refractivity contribution in [1.29, 1.82) is 0 Å². The summed E-state index contributed by atoms with van der Waals surface area (Å²) in [5.74, 6) is 1.43. The van der Waals surface area contributed by atoms with Gasteiger partial charge < -0.3 is 15.2 Å². The molecule has 0 amide bonds. The Labute approximate surface area is 107 Å². The van der Waals surface area contributed by atoms with Gasteiger partial charge in [0, 0.05) is 28.6 Å². The highest BCUT2D eigenvalue weighted by atomic mass is 35.5. The normalized spacial score (nSPS) is 16.8. The third-order valence-electron chi connectivity index (χ3n) is 3.63. The predicted octanol–water partition coefficient (Wildman–Crippen LogP) is 2.66. The molecule has 0 heterocycles. The van der Waals surface area contributed by atoms with E-state index in [4.69, 9.17) is 26.8 Å². The zero-order chi connectivity index (χ0) is 12.6. The fourth-order valence-electron chi connectivity index (χ4n) is 2.49. The zero-order valence-electron chi connectivity index (χ0n) is 10.5. The molecule has 0 unspecified atom stereocenters. The van der Waals surface area contributed by atoms with E-state index in [-0.39, 0.29) is 5.41 Å². The minimum atomic E-state index is 0.0563. The van der Waals surface area contributed by atoms with Crippen LogP contribution in [0.1, 0.15) is 24.0 Å². The quantitative estimate of drug-likeness (QED) is 0.900. The molecule has 0 atom stereocenters. The van der Waals surface area contributed by atoms with Crippen LogP contribution >= 0.6 is 11.6 Å². The molecule has 0 spiro atoms. The van der Waals surface area contributed by atoms with E-state index in [0.717, 1.165) is 34.7 Å². The second kappa shape index (κ2) is 4.39. The molecule has 0 bridgehead atoms. The molecule has 94 valence electrons. The average Bonchev–Trinajstić information content (AvgIpc) is 3.09. The number of hydrogen-bond acceptors (Lipinski definition) is 3. The second-order valence-electron chi connectivity index (χ2n) is 4.58. The molecule has 2 rings (SSSR count). The van der Waals surface area contributed by atoms with Crippen molar-refractivity contribution >= 4 is 11.6 Å². The lowest BCUT2D eigenvalue weighted by atomic mass is 9.91. The maximum absolute atomic E-state index is 6.35. The van der Waals surface area contributed by atoms with Crippen molar-refractivity contribution in [2.45, 2.75) is 25.2 Å². The number of ether oxygens (including phenoxy) is 2. The summed E-state index contributed by atoms with van der Waals surface area (Å²) < 4.78 is 10.7. The SMILES string of the molecule is COc1cc(Cl)c(C2(CN)CC2)c(C)c1OC. The van der Waals surface area contributed by atoms with Crippen LogP contribution in [0.5, 0.6) is 11.5 Å². The van der Waals surface area contributed by atoms with Gasteiger partial charge in [-0.2, -0.15) is 0 Å². The highest BCUT2D eigenvalue weighted by molar-refractivity contribution is 6.32. The Morgan fingerprint density at radius 2 is 2.00 bits per heavy atom. The Morgan fingerprint density at radius 1 is 1.35 bits per heavy atom. The van der Waals surface area contributed by atoms with E-state index in [0.29, 0.717) is 12.3 Å². The third-order valence-corrected chi connectivity index (χ3v) is 3.93. The molecule has 0 aromatic heterocycles. The van der Waals surface area contributed by atoms with Gasteiger partial charge >= 0.3 is 0 Å². The van der Waals surface area contributed by atoms with Crippen LogP contribution in [-0.4, -0.2) is 20.8 Å². The van der Waals surface area contributed by atoms with Crippen LogP contribution in [0.15, 0.2) is 6.07 Å². The van der Waals surface area contributed by atoms with Gasteiger partial charge in [0.1, 0.15) is 0 Å². The maximum Gasteiger partial charge on any atom is 0.164 e. The van der Waals surface area contributed by atoms with E-state index < -0.39 is 0 Å². The summed E-state index contributed by atoms with van der Waals surface area (Å²) in [6.07, 6.45) is 2.19. The van der Waals surface area contributed by atoms with Crippen molar-refractivity contribution in [1.82, 2.24) is 0 Å². The van der Waals surface area contributed by atoms with E-state index in [1.807, 2.05) is 13.0 Å². The molecule has 4 heteroatoms. The Balaban J connectivity index is 2.61. The molecule has 2 N–H and O–H groups in total. The van der Waals surface area contributed by atoms with Gasteiger partial charge in [0.05, 0.1) is 14.2 Å². The number of nitrogens with two attached hydrogens (primary N) is 1. The van der Waals surface area contributed by atoms with Crippen LogP contribution < -0.4 is 15.2 Å². The van der Waals surface area contributed by atoms with E-state index in [2.05, 4.69) is 0 Å². The molecule has 1 aliphatic rings. The molecule has 1 aromatic rings. The Morgan fingerprint density at radius 3 is 2.41 bits per heavy atom. The first-order chi connectivity index (χ1) is 8.09. The van der Waals surface area contributed by atoms with Crippen molar-refractivity contribution in [3.63, 3.8) is 0 Å². The molecular formula is C13H18ClNO2. The van der Waals surface area contributed by atoms with Crippen LogP contribution in [0.25, 0.3) is 0 Å². The third kappa shape index (κ3) is 1.87. The summed E-state index contributed by atoms with van der Waals surface area (Å²) in [5.41, 5.74) is 8.09. The molecule has 1 saturated carbocycles. The lowest BCUT2D eigenvalue weighted by molar-refractivity contribution is 0.352. The number of methoxy groups -OCH3 is 2. The van der Waals surface area contributed by atoms with Crippen molar-refractivity contribution in [2.24, 2.45) is 5.73 Å². The largest absolute Gasteiger partial charge is 0.493 e. The summed E-state index contributed by atoms with van der Waals surface area (Å²) >= 11 is 6.35. The first-order valence-electron chi connectivity index (χ1n) is 5.71. The highest BCUT2D eigenvalue weighted by Gasteiger charge is 2.46. The number of hydrogen-bond donors (Lipinski definition) is 1.